The molecule has 13 heteroatoms. The number of anilines is 1. The van der Waals surface area contributed by atoms with Crippen LogP contribution in [0.3, 0.4) is 0 Å². The van der Waals surface area contributed by atoms with Gasteiger partial charge in [0, 0.05) is 22.9 Å². The van der Waals surface area contributed by atoms with Crippen LogP contribution in [0.5, 0.6) is 5.75 Å². The van der Waals surface area contributed by atoms with Crippen LogP contribution in [0.15, 0.2) is 101 Å². The third-order valence-electron chi connectivity index (χ3n) is 6.84. The van der Waals surface area contributed by atoms with Crippen molar-refractivity contribution >= 4 is 45.7 Å². The first-order valence-corrected chi connectivity index (χ1v) is 14.6. The summed E-state index contributed by atoms with van der Waals surface area (Å²) in [6.45, 7) is 4.06. The van der Waals surface area contributed by atoms with E-state index < -0.39 is 6.36 Å². The molecule has 0 saturated carbocycles. The lowest BCUT2D eigenvalue weighted by Gasteiger charge is -2.29. The highest BCUT2D eigenvalue weighted by Crippen LogP contribution is 2.42. The predicted octanol–water partition coefficient (Wildman–Crippen LogP) is 7.04. The number of thioether (sulfide) groups is 1. The zero-order valence-electron chi connectivity index (χ0n) is 22.9. The number of allylic oxidation sites excluding steroid dienone is 1. The Morgan fingerprint density at radius 3 is 2.56 bits per heavy atom. The first-order chi connectivity index (χ1) is 20.6. The van der Waals surface area contributed by atoms with Crippen molar-refractivity contribution < 1.29 is 17.9 Å². The molecular weight excluding hydrogens is 596 g/mol. The van der Waals surface area contributed by atoms with Gasteiger partial charge >= 0.3 is 6.36 Å². The van der Waals surface area contributed by atoms with Crippen LogP contribution in [-0.4, -0.2) is 42.9 Å². The van der Waals surface area contributed by atoms with Gasteiger partial charge in [0.25, 0.3) is 0 Å². The van der Waals surface area contributed by atoms with Gasteiger partial charge in [0.15, 0.2) is 11.0 Å². The van der Waals surface area contributed by atoms with E-state index in [1.165, 1.54) is 46.5 Å². The second-order valence-corrected chi connectivity index (χ2v) is 11.1. The average Bonchev–Trinajstić information content (AvgIpc) is 3.64. The molecule has 1 N–H and O–H groups in total. The van der Waals surface area contributed by atoms with Crippen LogP contribution in [0, 0.1) is 0 Å². The van der Waals surface area contributed by atoms with E-state index in [0.29, 0.717) is 23.1 Å². The van der Waals surface area contributed by atoms with Gasteiger partial charge in [0.05, 0.1) is 17.1 Å². The number of fused-ring (bicyclic) bond motifs is 3. The lowest BCUT2D eigenvalue weighted by molar-refractivity contribution is -0.274. The molecule has 1 saturated heterocycles. The summed E-state index contributed by atoms with van der Waals surface area (Å²) in [6.07, 6.45) is -0.981. The summed E-state index contributed by atoms with van der Waals surface area (Å²) < 4.78 is 42.6. The standard InChI is InChI=1S/C30H24F3N7OS2/c1-18-15-23-16-43-29(40(23)26-6-4-3-5-25(18)26)35-28(42)37-36-19(2)20-7-9-21(10-8-20)27-34-17-39(38-27)22-11-13-24(14-12-22)41-30(31,32)33/h3-15,17-18H,16H2,1-2H3,(H,37,42)/b35-29-,36-19+. The fraction of sp³-hybridized carbons (Fsp3) is 0.167. The maximum atomic E-state index is 12.4. The van der Waals surface area contributed by atoms with Crippen molar-refractivity contribution in [2.75, 3.05) is 10.7 Å². The molecule has 218 valence electrons. The number of aromatic nitrogens is 3. The van der Waals surface area contributed by atoms with Crippen molar-refractivity contribution in [3.63, 3.8) is 0 Å². The van der Waals surface area contributed by atoms with Gasteiger partial charge in [-0.2, -0.15) is 10.1 Å². The molecule has 2 aliphatic heterocycles. The summed E-state index contributed by atoms with van der Waals surface area (Å²) in [6, 6.07) is 21.2. The van der Waals surface area contributed by atoms with E-state index in [4.69, 9.17) is 12.2 Å². The van der Waals surface area contributed by atoms with Gasteiger partial charge in [0.2, 0.25) is 5.11 Å². The van der Waals surface area contributed by atoms with Gasteiger partial charge in [0.1, 0.15) is 12.1 Å². The minimum absolute atomic E-state index is 0.267. The van der Waals surface area contributed by atoms with Crippen LogP contribution < -0.4 is 15.1 Å². The fourth-order valence-electron chi connectivity index (χ4n) is 4.80. The van der Waals surface area contributed by atoms with E-state index in [2.05, 4.69) is 66.4 Å². The molecule has 8 nitrogen and oxygen atoms in total. The number of aliphatic imine (C=N–C) groups is 1. The Morgan fingerprint density at radius 1 is 1.07 bits per heavy atom. The maximum Gasteiger partial charge on any atom is 0.573 e. The number of alkyl halides is 3. The Hall–Kier alpha value is -4.49. The number of hydrazone groups is 1. The number of thiocarbonyl (C=S) groups is 1. The van der Waals surface area contributed by atoms with Gasteiger partial charge in [-0.15, -0.1) is 18.3 Å². The number of hydrogen-bond acceptors (Lipinski definition) is 6. The van der Waals surface area contributed by atoms with E-state index >= 15 is 0 Å². The van der Waals surface area contributed by atoms with Gasteiger partial charge in [-0.25, -0.2) is 9.67 Å². The van der Waals surface area contributed by atoms with Gasteiger partial charge in [-0.3, -0.25) is 10.3 Å². The normalized spacial score (nSPS) is 17.4. The van der Waals surface area contributed by atoms with Crippen LogP contribution in [-0.2, 0) is 0 Å². The molecule has 1 fully saturated rings. The van der Waals surface area contributed by atoms with Crippen LogP contribution in [0.25, 0.3) is 17.1 Å². The van der Waals surface area contributed by atoms with Crippen molar-refractivity contribution in [3.05, 3.63) is 102 Å². The Labute approximate surface area is 255 Å². The number of halogens is 3. The van der Waals surface area contributed by atoms with Gasteiger partial charge in [-0.05, 0) is 60.6 Å². The van der Waals surface area contributed by atoms with Crippen molar-refractivity contribution in [2.45, 2.75) is 26.1 Å². The summed E-state index contributed by atoms with van der Waals surface area (Å²) in [7, 11) is 0. The highest BCUT2D eigenvalue weighted by atomic mass is 32.2. The van der Waals surface area contributed by atoms with Crippen molar-refractivity contribution in [1.29, 1.82) is 0 Å². The van der Waals surface area contributed by atoms with Gasteiger partial charge in [-0.1, -0.05) is 67.2 Å². The fourth-order valence-corrected chi connectivity index (χ4v) is 5.99. The van der Waals surface area contributed by atoms with Crippen LogP contribution in [0.4, 0.5) is 18.9 Å². The van der Waals surface area contributed by atoms with E-state index in [1.54, 1.807) is 11.8 Å². The molecule has 0 bridgehead atoms. The molecule has 6 rings (SSSR count). The lowest BCUT2D eigenvalue weighted by atomic mass is 9.94. The van der Waals surface area contributed by atoms with Crippen LogP contribution in [0.1, 0.15) is 30.9 Å². The number of nitrogens with zero attached hydrogens (tertiary/aromatic N) is 6. The third kappa shape index (κ3) is 6.32. The molecule has 3 heterocycles. The molecule has 2 aliphatic rings. The molecule has 3 aromatic carbocycles. The zero-order valence-corrected chi connectivity index (χ0v) is 24.5. The molecule has 0 amide bonds. The Balaban J connectivity index is 1.10. The number of amidine groups is 1. The summed E-state index contributed by atoms with van der Waals surface area (Å²) in [4.78, 5) is 11.1. The van der Waals surface area contributed by atoms with Crippen molar-refractivity contribution in [2.24, 2.45) is 10.1 Å². The number of ether oxygens (including phenoxy) is 1. The largest absolute Gasteiger partial charge is 0.573 e. The molecule has 1 unspecified atom stereocenters. The third-order valence-corrected chi connectivity index (χ3v) is 8.00. The minimum Gasteiger partial charge on any atom is -0.406 e. The molecule has 4 aromatic rings. The Kier molecular flexibility index (Phi) is 7.75. The van der Waals surface area contributed by atoms with E-state index in [9.17, 15) is 13.2 Å². The number of benzene rings is 3. The topological polar surface area (TPSA) is 79.9 Å². The van der Waals surface area contributed by atoms with E-state index in [0.717, 1.165) is 27.7 Å². The highest BCUT2D eigenvalue weighted by molar-refractivity contribution is 8.14. The van der Waals surface area contributed by atoms with Crippen molar-refractivity contribution in [3.8, 4) is 22.8 Å². The quantitative estimate of drug-likeness (QED) is 0.146. The SMILES string of the molecule is C/C(=N\NC(=S)/N=C1\SCC2=CC(C)c3ccccc3N21)c1ccc(-c2ncn(-c3ccc(OC(F)(F)F)cc3)n2)cc1. The van der Waals surface area contributed by atoms with Crippen LogP contribution in [0.2, 0.25) is 0 Å². The second-order valence-electron chi connectivity index (χ2n) is 9.77. The summed E-state index contributed by atoms with van der Waals surface area (Å²) in [5.74, 6) is 1.34. The predicted molar refractivity (Wildman–Crippen MR) is 167 cm³/mol. The molecule has 43 heavy (non-hydrogen) atoms. The summed E-state index contributed by atoms with van der Waals surface area (Å²) in [5.41, 5.74) is 9.38. The van der Waals surface area contributed by atoms with E-state index in [-0.39, 0.29) is 10.9 Å². The molecular formula is C30H24F3N7OS2. The maximum absolute atomic E-state index is 12.4. The molecule has 1 aromatic heterocycles. The molecule has 1 atom stereocenters. The molecule has 0 radical (unpaired) electrons. The highest BCUT2D eigenvalue weighted by Gasteiger charge is 2.33. The summed E-state index contributed by atoms with van der Waals surface area (Å²) in [5, 5.41) is 9.96. The molecule has 0 spiro atoms. The first-order valence-electron chi connectivity index (χ1n) is 13.2. The monoisotopic (exact) mass is 619 g/mol. The number of hydrogen-bond donors (Lipinski definition) is 1. The zero-order chi connectivity index (χ0) is 30.1. The van der Waals surface area contributed by atoms with Gasteiger partial charge < -0.3 is 4.74 Å². The van der Waals surface area contributed by atoms with Crippen LogP contribution >= 0.6 is 24.0 Å². The Morgan fingerprint density at radius 2 is 1.81 bits per heavy atom. The summed E-state index contributed by atoms with van der Waals surface area (Å²) >= 11 is 7.14. The average molecular weight is 620 g/mol. The number of rotatable bonds is 5. The van der Waals surface area contributed by atoms with E-state index in [1.807, 2.05) is 37.3 Å². The Bertz CT molecular complexity index is 1760. The number of nitrogens with one attached hydrogen (secondary N) is 1. The lowest BCUT2D eigenvalue weighted by Crippen LogP contribution is -2.28. The second kappa shape index (κ2) is 11.7. The van der Waals surface area contributed by atoms with Crippen molar-refractivity contribution in [1.82, 2.24) is 20.2 Å². The minimum atomic E-state index is -4.75. The smallest absolute Gasteiger partial charge is 0.406 e. The number of para-hydroxylation sites is 1. The first kappa shape index (κ1) is 28.6. The molecule has 0 aliphatic carbocycles.